The summed E-state index contributed by atoms with van der Waals surface area (Å²) in [5, 5.41) is 2.31. The Balaban J connectivity index is 2.12. The van der Waals surface area contributed by atoms with Crippen molar-refractivity contribution in [2.24, 2.45) is 0 Å². The second-order valence-corrected chi connectivity index (χ2v) is 7.56. The lowest BCUT2D eigenvalue weighted by molar-refractivity contribution is -0.149. The maximum absolute atomic E-state index is 12.7. The summed E-state index contributed by atoms with van der Waals surface area (Å²) >= 11 is 0. The smallest absolute Gasteiger partial charge is 0.408 e. The summed E-state index contributed by atoms with van der Waals surface area (Å²) in [6, 6.07) is 6.75. The molecule has 0 saturated heterocycles. The van der Waals surface area contributed by atoms with Crippen molar-refractivity contribution in [3.8, 4) is 18.0 Å². The van der Waals surface area contributed by atoms with Gasteiger partial charge in [0.05, 0.1) is 20.6 Å². The van der Waals surface area contributed by atoms with Crippen LogP contribution >= 0.6 is 0 Å². The normalized spacial score (nSPS) is 11.7. The van der Waals surface area contributed by atoms with Crippen LogP contribution in [0.25, 0.3) is 0 Å². The lowest BCUT2D eigenvalue weighted by Crippen LogP contribution is -2.46. The predicted octanol–water partition coefficient (Wildman–Crippen LogP) is 1.82. The van der Waals surface area contributed by atoms with Crippen molar-refractivity contribution in [3.05, 3.63) is 35.9 Å². The Morgan fingerprint density at radius 2 is 1.52 bits per heavy atom. The number of hydrogen-bond acceptors (Lipinski definition) is 11. The van der Waals surface area contributed by atoms with Crippen LogP contribution in [0, 0.1) is 0 Å². The van der Waals surface area contributed by atoms with Crippen LogP contribution in [0.5, 0.6) is 18.0 Å². The van der Waals surface area contributed by atoms with Crippen molar-refractivity contribution in [1.82, 2.24) is 20.3 Å². The van der Waals surface area contributed by atoms with Crippen LogP contribution in [0.4, 0.5) is 4.79 Å². The summed E-state index contributed by atoms with van der Waals surface area (Å²) in [4.78, 5) is 48.7. The summed E-state index contributed by atoms with van der Waals surface area (Å²) in [5.41, 5.74) is -0.0733. The van der Waals surface area contributed by atoms with E-state index in [1.165, 1.54) is 14.2 Å². The van der Waals surface area contributed by atoms with Gasteiger partial charge in [0.2, 0.25) is 0 Å². The van der Waals surface area contributed by atoms with Crippen molar-refractivity contribution in [1.29, 1.82) is 0 Å². The number of benzene rings is 1. The lowest BCUT2D eigenvalue weighted by Gasteiger charge is -2.22. The maximum atomic E-state index is 12.7. The van der Waals surface area contributed by atoms with E-state index in [2.05, 4.69) is 20.3 Å². The van der Waals surface area contributed by atoms with Gasteiger partial charge in [0.1, 0.15) is 18.2 Å². The molecule has 0 aliphatic carbocycles. The van der Waals surface area contributed by atoms with Crippen molar-refractivity contribution in [2.45, 2.75) is 45.4 Å². The molecule has 178 valence electrons. The highest BCUT2D eigenvalue weighted by molar-refractivity contribution is 5.87. The van der Waals surface area contributed by atoms with Gasteiger partial charge in [0, 0.05) is 0 Å². The molecule has 1 aromatic heterocycles. The molecule has 1 N–H and O–H groups in total. The second-order valence-electron chi connectivity index (χ2n) is 7.56. The highest BCUT2D eigenvalue weighted by Crippen LogP contribution is 2.15. The Kier molecular flexibility index (Phi) is 8.89. The van der Waals surface area contributed by atoms with Crippen LogP contribution < -0.4 is 19.5 Å². The Hall–Kier alpha value is -3.96. The maximum Gasteiger partial charge on any atom is 0.408 e. The predicted molar refractivity (Wildman–Crippen MR) is 113 cm³/mol. The summed E-state index contributed by atoms with van der Waals surface area (Å²) in [5.74, 6) is -1.78. The van der Waals surface area contributed by atoms with E-state index >= 15 is 0 Å². The molecule has 12 heteroatoms. The highest BCUT2D eigenvalue weighted by Gasteiger charge is 2.30. The number of ether oxygens (including phenoxy) is 5. The van der Waals surface area contributed by atoms with Gasteiger partial charge in [-0.05, 0) is 26.3 Å². The number of nitrogens with one attached hydrogen (secondary N) is 1. The van der Waals surface area contributed by atoms with Crippen LogP contribution in [0.3, 0.4) is 0 Å². The van der Waals surface area contributed by atoms with Crippen molar-refractivity contribution < 1.29 is 38.1 Å². The number of methoxy groups -OCH3 is 2. The molecule has 0 unspecified atom stereocenters. The van der Waals surface area contributed by atoms with Gasteiger partial charge in [-0.15, -0.1) is 15.0 Å². The first-order chi connectivity index (χ1) is 15.6. The molecule has 2 rings (SSSR count). The highest BCUT2D eigenvalue weighted by atomic mass is 16.6. The van der Waals surface area contributed by atoms with E-state index in [1.54, 1.807) is 45.0 Å². The molecule has 0 fully saturated rings. The number of carbonyl (C=O) groups excluding carboxylic acids is 3. The third-order valence-corrected chi connectivity index (χ3v) is 3.72. The molecular weight excluding hydrogens is 436 g/mol. The van der Waals surface area contributed by atoms with Crippen LogP contribution in [0.15, 0.2) is 30.3 Å². The fraction of sp³-hybridized carbons (Fsp3) is 0.429. The number of alkyl carbamates (subject to hydrolysis) is 1. The first-order valence-electron chi connectivity index (χ1n) is 9.84. The molecule has 0 bridgehead atoms. The van der Waals surface area contributed by atoms with Gasteiger partial charge in [0.25, 0.3) is 0 Å². The van der Waals surface area contributed by atoms with E-state index in [-0.39, 0.29) is 18.6 Å². The third kappa shape index (κ3) is 8.97. The molecule has 2 aromatic rings. The van der Waals surface area contributed by atoms with E-state index in [0.717, 1.165) is 5.56 Å². The molecule has 12 nitrogen and oxygen atoms in total. The number of aromatic nitrogens is 3. The Bertz CT molecular complexity index is 940. The van der Waals surface area contributed by atoms with E-state index in [4.69, 9.17) is 23.7 Å². The summed E-state index contributed by atoms with van der Waals surface area (Å²) < 4.78 is 25.3. The van der Waals surface area contributed by atoms with E-state index < -0.39 is 42.1 Å². The fourth-order valence-electron chi connectivity index (χ4n) is 2.32. The van der Waals surface area contributed by atoms with Gasteiger partial charge in [-0.1, -0.05) is 30.3 Å². The van der Waals surface area contributed by atoms with Crippen LogP contribution in [0.1, 0.15) is 32.8 Å². The average molecular weight is 462 g/mol. The summed E-state index contributed by atoms with van der Waals surface area (Å²) in [6.07, 6.45) is -1.45. The van der Waals surface area contributed by atoms with Crippen molar-refractivity contribution in [2.75, 3.05) is 14.2 Å². The Morgan fingerprint density at radius 1 is 0.939 bits per heavy atom. The van der Waals surface area contributed by atoms with Crippen LogP contribution in [-0.4, -0.2) is 58.8 Å². The molecule has 33 heavy (non-hydrogen) atoms. The number of carbonyl (C=O) groups is 3. The first kappa shape index (κ1) is 25.3. The standard InChI is InChI=1S/C21H26N4O8/c1-21(2,3)33-20(28)22-14(11-15(26)31-12-13-9-7-6-8-10-13)16(27)32-19-24-17(29-4)23-18(25-19)30-5/h6-10,14H,11-12H2,1-5H3,(H,22,28)/t14-/m0/s1. The zero-order valence-corrected chi connectivity index (χ0v) is 19.0. The number of amides is 1. The van der Waals surface area contributed by atoms with E-state index in [9.17, 15) is 14.4 Å². The minimum atomic E-state index is -1.45. The molecule has 1 aromatic carbocycles. The molecule has 1 atom stereocenters. The Labute approximate surface area is 190 Å². The quantitative estimate of drug-likeness (QED) is 0.544. The van der Waals surface area contributed by atoms with Crippen molar-refractivity contribution >= 4 is 18.0 Å². The van der Waals surface area contributed by atoms with Gasteiger partial charge in [-0.2, -0.15) is 0 Å². The molecule has 1 heterocycles. The van der Waals surface area contributed by atoms with Gasteiger partial charge < -0.3 is 29.0 Å². The van der Waals surface area contributed by atoms with Crippen molar-refractivity contribution in [3.63, 3.8) is 0 Å². The average Bonchev–Trinajstić information content (AvgIpc) is 2.76. The fourth-order valence-corrected chi connectivity index (χ4v) is 2.32. The minimum Gasteiger partial charge on any atom is -0.467 e. The summed E-state index contributed by atoms with van der Waals surface area (Å²) in [7, 11) is 2.60. The largest absolute Gasteiger partial charge is 0.467 e. The van der Waals surface area contributed by atoms with Gasteiger partial charge in [-0.3, -0.25) is 4.79 Å². The van der Waals surface area contributed by atoms with E-state index in [0.29, 0.717) is 0 Å². The third-order valence-electron chi connectivity index (χ3n) is 3.72. The first-order valence-corrected chi connectivity index (χ1v) is 9.84. The monoisotopic (exact) mass is 462 g/mol. The molecule has 0 aliphatic rings. The lowest BCUT2D eigenvalue weighted by atomic mass is 10.2. The molecule has 0 aliphatic heterocycles. The van der Waals surface area contributed by atoms with Gasteiger partial charge in [0.15, 0.2) is 0 Å². The number of hydrogen-bond donors (Lipinski definition) is 1. The van der Waals surface area contributed by atoms with Gasteiger partial charge >= 0.3 is 36.1 Å². The topological polar surface area (TPSA) is 148 Å². The molecule has 0 radical (unpaired) electrons. The number of nitrogens with zero attached hydrogens (tertiary/aromatic N) is 3. The molecular formula is C21H26N4O8. The number of rotatable bonds is 9. The zero-order valence-electron chi connectivity index (χ0n) is 19.0. The molecule has 0 saturated carbocycles. The SMILES string of the molecule is COc1nc(OC)nc(OC(=O)[C@H](CC(=O)OCc2ccccc2)NC(=O)OC(C)(C)C)n1. The van der Waals surface area contributed by atoms with Crippen LogP contribution in [-0.2, 0) is 25.7 Å². The van der Waals surface area contributed by atoms with Gasteiger partial charge in [-0.25, -0.2) is 9.59 Å². The molecule has 0 spiro atoms. The molecule has 1 amide bonds. The second kappa shape index (κ2) is 11.6. The Morgan fingerprint density at radius 3 is 2.06 bits per heavy atom. The van der Waals surface area contributed by atoms with E-state index in [1.807, 2.05) is 6.07 Å². The summed E-state index contributed by atoms with van der Waals surface area (Å²) in [6.45, 7) is 4.95. The minimum absolute atomic E-state index is 0.00422. The van der Waals surface area contributed by atoms with Crippen LogP contribution in [0.2, 0.25) is 0 Å². The zero-order chi connectivity index (χ0) is 24.4. The number of esters is 2.